The average molecular weight is 632 g/mol. The Balaban J connectivity index is 0.963. The highest BCUT2D eigenvalue weighted by molar-refractivity contribution is 6.30. The molecular weight excluding hydrogens is 590 g/mol. The van der Waals surface area contributed by atoms with E-state index >= 15 is 0 Å². The predicted molar refractivity (Wildman–Crippen MR) is 185 cm³/mol. The van der Waals surface area contributed by atoms with E-state index in [-0.39, 0.29) is 0 Å². The maximum atomic E-state index is 9.18. The number of fused-ring (bicyclic) bond motifs is 1. The molecule has 1 saturated heterocycles. The molecule has 0 bridgehead atoms. The first-order chi connectivity index (χ1) is 22.6. The van der Waals surface area contributed by atoms with Gasteiger partial charge >= 0.3 is 0 Å². The molecule has 0 atom stereocenters. The summed E-state index contributed by atoms with van der Waals surface area (Å²) < 4.78 is 10.8. The fourth-order valence-electron chi connectivity index (χ4n) is 7.31. The van der Waals surface area contributed by atoms with Crippen LogP contribution in [0.2, 0.25) is 5.02 Å². The lowest BCUT2D eigenvalue weighted by atomic mass is 9.88. The molecule has 46 heavy (non-hydrogen) atoms. The van der Waals surface area contributed by atoms with Gasteiger partial charge in [-0.05, 0) is 131 Å². The minimum Gasteiger partial charge on any atom is -0.457 e. The summed E-state index contributed by atoms with van der Waals surface area (Å²) in [6, 6.07) is 26.2. The number of aromatic nitrogens is 3. The molecule has 1 aliphatic heterocycles. The molecule has 236 valence electrons. The number of aryl methyl sites for hydroxylation is 1. The van der Waals surface area contributed by atoms with Crippen LogP contribution in [0.25, 0.3) is 16.6 Å². The minimum absolute atomic E-state index is 0.511. The second-order valence-corrected chi connectivity index (χ2v) is 13.4. The molecule has 2 aliphatic rings. The third-order valence-electron chi connectivity index (χ3n) is 9.92. The fraction of sp³-hybridized carbons (Fsp3) is 0.385. The summed E-state index contributed by atoms with van der Waals surface area (Å²) in [7, 11) is 0. The van der Waals surface area contributed by atoms with Crippen LogP contribution in [-0.4, -0.2) is 38.7 Å². The first kappa shape index (κ1) is 30.6. The molecular formula is C39H42ClN5O. The SMILES string of the molecule is N#Cc1ccc2c(ccn2CCCCN2CCC(c3cn(-c4ccc(Oc5ccc(Cl)cc5)cc4)c(C4CCCCC4)n3)CC2)c1. The Hall–Kier alpha value is -4.05. The van der Waals surface area contributed by atoms with Gasteiger partial charge < -0.3 is 18.8 Å². The molecule has 0 amide bonds. The highest BCUT2D eigenvalue weighted by Gasteiger charge is 2.27. The molecule has 3 aromatic carbocycles. The number of rotatable bonds is 10. The number of halogens is 1. The maximum absolute atomic E-state index is 9.18. The Kier molecular flexibility index (Phi) is 9.41. The van der Waals surface area contributed by atoms with Crippen molar-refractivity contribution in [2.24, 2.45) is 0 Å². The molecule has 5 aromatic rings. The highest BCUT2D eigenvalue weighted by Crippen LogP contribution is 2.36. The van der Waals surface area contributed by atoms with Crippen molar-refractivity contribution in [1.29, 1.82) is 5.26 Å². The van der Waals surface area contributed by atoms with Crippen molar-refractivity contribution >= 4 is 22.5 Å². The van der Waals surface area contributed by atoms with Gasteiger partial charge in [0.1, 0.15) is 17.3 Å². The Morgan fingerprint density at radius 2 is 1.52 bits per heavy atom. The van der Waals surface area contributed by atoms with E-state index in [9.17, 15) is 5.26 Å². The van der Waals surface area contributed by atoms with Gasteiger partial charge in [0, 0.05) is 52.4 Å². The summed E-state index contributed by atoms with van der Waals surface area (Å²) in [6.45, 7) is 4.44. The van der Waals surface area contributed by atoms with Crippen molar-refractivity contribution in [3.63, 3.8) is 0 Å². The van der Waals surface area contributed by atoms with E-state index in [0.29, 0.717) is 16.9 Å². The first-order valence-electron chi connectivity index (χ1n) is 17.0. The molecule has 0 spiro atoms. The summed E-state index contributed by atoms with van der Waals surface area (Å²) in [6.07, 6.45) is 15.5. The lowest BCUT2D eigenvalue weighted by molar-refractivity contribution is 0.206. The van der Waals surface area contributed by atoms with Gasteiger partial charge in [-0.1, -0.05) is 30.9 Å². The molecule has 3 heterocycles. The van der Waals surface area contributed by atoms with Crippen LogP contribution in [0.15, 0.2) is 85.2 Å². The van der Waals surface area contributed by atoms with Crippen molar-refractivity contribution in [2.75, 3.05) is 19.6 Å². The summed E-state index contributed by atoms with van der Waals surface area (Å²) in [5.41, 5.74) is 4.36. The fourth-order valence-corrected chi connectivity index (χ4v) is 7.44. The number of ether oxygens (including phenoxy) is 1. The van der Waals surface area contributed by atoms with Crippen LogP contribution in [0, 0.1) is 11.3 Å². The third-order valence-corrected chi connectivity index (χ3v) is 10.2. The Bertz CT molecular complexity index is 1790. The van der Waals surface area contributed by atoms with Gasteiger partial charge in [0.05, 0.1) is 17.3 Å². The first-order valence-corrected chi connectivity index (χ1v) is 17.3. The van der Waals surface area contributed by atoms with E-state index in [4.69, 9.17) is 21.3 Å². The lowest BCUT2D eigenvalue weighted by Crippen LogP contribution is -2.33. The molecule has 7 heteroatoms. The monoisotopic (exact) mass is 631 g/mol. The second kappa shape index (κ2) is 14.2. The number of piperidine rings is 1. The van der Waals surface area contributed by atoms with Gasteiger partial charge in [0.25, 0.3) is 0 Å². The van der Waals surface area contributed by atoms with E-state index in [1.165, 1.54) is 68.4 Å². The Labute approximate surface area is 277 Å². The van der Waals surface area contributed by atoms with E-state index in [1.807, 2.05) is 36.4 Å². The number of nitriles is 1. The maximum Gasteiger partial charge on any atom is 0.127 e. The Morgan fingerprint density at radius 1 is 0.804 bits per heavy atom. The largest absolute Gasteiger partial charge is 0.457 e. The number of imidazole rings is 1. The number of likely N-dealkylation sites (tertiary alicyclic amines) is 1. The van der Waals surface area contributed by atoms with Crippen molar-refractivity contribution in [1.82, 2.24) is 19.0 Å². The number of hydrogen-bond acceptors (Lipinski definition) is 4. The van der Waals surface area contributed by atoms with E-state index in [1.54, 1.807) is 0 Å². The van der Waals surface area contributed by atoms with Crippen molar-refractivity contribution in [2.45, 2.75) is 76.2 Å². The Morgan fingerprint density at radius 3 is 2.26 bits per heavy atom. The van der Waals surface area contributed by atoms with Crippen LogP contribution in [0.4, 0.5) is 0 Å². The van der Waals surface area contributed by atoms with Crippen LogP contribution in [0.1, 0.15) is 86.7 Å². The normalized spacial score (nSPS) is 16.5. The van der Waals surface area contributed by atoms with Crippen molar-refractivity contribution < 1.29 is 4.74 Å². The van der Waals surface area contributed by atoms with Gasteiger partial charge in [-0.2, -0.15) is 5.26 Å². The lowest BCUT2D eigenvalue weighted by Gasteiger charge is -2.31. The highest BCUT2D eigenvalue weighted by atomic mass is 35.5. The predicted octanol–water partition coefficient (Wildman–Crippen LogP) is 9.85. The minimum atomic E-state index is 0.511. The summed E-state index contributed by atoms with van der Waals surface area (Å²) in [4.78, 5) is 8.02. The van der Waals surface area contributed by atoms with Crippen molar-refractivity contribution in [3.05, 3.63) is 107 Å². The van der Waals surface area contributed by atoms with Crippen LogP contribution < -0.4 is 4.74 Å². The summed E-state index contributed by atoms with van der Waals surface area (Å²) in [5.74, 6) is 3.87. The van der Waals surface area contributed by atoms with Gasteiger partial charge in [-0.3, -0.25) is 0 Å². The standard InChI is InChI=1S/C39H42ClN5O/c40-33-9-13-35(14-10-33)46-36-15-11-34(12-16-36)45-28-37(42-39(45)31-6-2-1-3-7-31)30-18-23-43(24-19-30)21-4-5-22-44-25-20-32-26-29(27-41)8-17-38(32)44/h8-17,20,25-26,28,30-31H,1-7,18-19,21-24H2. The zero-order valence-electron chi connectivity index (χ0n) is 26.5. The van der Waals surface area contributed by atoms with Crippen LogP contribution in [0.5, 0.6) is 11.5 Å². The second-order valence-electron chi connectivity index (χ2n) is 13.0. The van der Waals surface area contributed by atoms with E-state index in [2.05, 4.69) is 68.9 Å². The van der Waals surface area contributed by atoms with E-state index < -0.39 is 0 Å². The molecule has 0 unspecified atom stereocenters. The molecule has 0 N–H and O–H groups in total. The van der Waals surface area contributed by atoms with Gasteiger partial charge in [0.15, 0.2) is 0 Å². The van der Waals surface area contributed by atoms with Gasteiger partial charge in [0.2, 0.25) is 0 Å². The van der Waals surface area contributed by atoms with Crippen LogP contribution >= 0.6 is 11.6 Å². The third kappa shape index (κ3) is 7.02. The number of nitrogens with zero attached hydrogens (tertiary/aromatic N) is 5. The number of benzene rings is 3. The molecule has 2 aromatic heterocycles. The zero-order chi connectivity index (χ0) is 31.3. The summed E-state index contributed by atoms with van der Waals surface area (Å²) >= 11 is 6.04. The van der Waals surface area contributed by atoms with Crippen LogP contribution in [0.3, 0.4) is 0 Å². The molecule has 1 saturated carbocycles. The number of hydrogen-bond donors (Lipinski definition) is 0. The molecule has 0 radical (unpaired) electrons. The molecule has 6 nitrogen and oxygen atoms in total. The van der Waals surface area contributed by atoms with Crippen LogP contribution in [-0.2, 0) is 6.54 Å². The topological polar surface area (TPSA) is 59.0 Å². The van der Waals surface area contributed by atoms with E-state index in [0.717, 1.165) is 60.7 Å². The van der Waals surface area contributed by atoms with Gasteiger partial charge in [-0.15, -0.1) is 0 Å². The molecule has 1 aliphatic carbocycles. The average Bonchev–Trinajstić information content (AvgIpc) is 3.73. The molecule has 7 rings (SSSR count). The number of unbranched alkanes of at least 4 members (excludes halogenated alkanes) is 1. The quantitative estimate of drug-likeness (QED) is 0.144. The zero-order valence-corrected chi connectivity index (χ0v) is 27.2. The molecule has 2 fully saturated rings. The van der Waals surface area contributed by atoms with Crippen molar-refractivity contribution in [3.8, 4) is 23.3 Å². The summed E-state index contributed by atoms with van der Waals surface area (Å²) in [5, 5.41) is 11.0. The van der Waals surface area contributed by atoms with Gasteiger partial charge in [-0.25, -0.2) is 4.98 Å². The smallest absolute Gasteiger partial charge is 0.127 e.